The highest BCUT2D eigenvalue weighted by Crippen LogP contribution is 2.45. The zero-order chi connectivity index (χ0) is 20.7. The lowest BCUT2D eigenvalue weighted by Crippen LogP contribution is -2.45. The fourth-order valence-electron chi connectivity index (χ4n) is 4.62. The van der Waals surface area contributed by atoms with E-state index < -0.39 is 10.0 Å². The lowest BCUT2D eigenvalue weighted by Gasteiger charge is -2.36. The van der Waals surface area contributed by atoms with Gasteiger partial charge < -0.3 is 9.26 Å². The van der Waals surface area contributed by atoms with Gasteiger partial charge in [0.2, 0.25) is 21.7 Å². The molecule has 4 heterocycles. The van der Waals surface area contributed by atoms with Crippen molar-refractivity contribution in [1.29, 1.82) is 0 Å². The first kappa shape index (κ1) is 19.2. The Hall–Kier alpha value is -2.78. The molecule has 0 spiro atoms. The zero-order valence-corrected chi connectivity index (χ0v) is 17.3. The lowest BCUT2D eigenvalue weighted by molar-refractivity contribution is 0.202. The molecule has 1 aromatic carbocycles. The summed E-state index contributed by atoms with van der Waals surface area (Å²) in [4.78, 5) is 8.93. The molecule has 2 aromatic heterocycles. The van der Waals surface area contributed by atoms with Gasteiger partial charge in [0, 0.05) is 42.0 Å². The maximum absolute atomic E-state index is 13.4. The predicted octanol–water partition coefficient (Wildman–Crippen LogP) is 3.24. The number of fused-ring (bicyclic) bond motifs is 2. The Morgan fingerprint density at radius 2 is 1.93 bits per heavy atom. The van der Waals surface area contributed by atoms with E-state index >= 15 is 0 Å². The van der Waals surface area contributed by atoms with Gasteiger partial charge in [-0.15, -0.1) is 0 Å². The van der Waals surface area contributed by atoms with E-state index in [9.17, 15) is 8.42 Å². The number of hydrogen-bond donors (Lipinski definition) is 0. The van der Waals surface area contributed by atoms with Gasteiger partial charge in [-0.05, 0) is 49.9 Å². The summed E-state index contributed by atoms with van der Waals surface area (Å²) in [5.41, 5.74) is 0.800. The van der Waals surface area contributed by atoms with Gasteiger partial charge in [-0.3, -0.25) is 4.98 Å². The van der Waals surface area contributed by atoms with Crippen LogP contribution in [0.15, 0.2) is 58.2 Å². The zero-order valence-electron chi connectivity index (χ0n) is 16.5. The maximum atomic E-state index is 13.4. The van der Waals surface area contributed by atoms with Gasteiger partial charge in [0.15, 0.2) is 0 Å². The highest BCUT2D eigenvalue weighted by Gasteiger charge is 2.48. The molecule has 9 heteroatoms. The summed E-state index contributed by atoms with van der Waals surface area (Å²) in [6, 6.07) is 10.2. The minimum absolute atomic E-state index is 0.0529. The Labute approximate surface area is 174 Å². The molecule has 2 saturated heterocycles. The monoisotopic (exact) mass is 426 g/mol. The molecule has 0 radical (unpaired) electrons. The summed E-state index contributed by atoms with van der Waals surface area (Å²) in [7, 11) is -2.06. The lowest BCUT2D eigenvalue weighted by atomic mass is 9.92. The third-order valence-corrected chi connectivity index (χ3v) is 7.99. The Balaban J connectivity index is 1.38. The number of methoxy groups -OCH3 is 1. The molecular weight excluding hydrogens is 404 g/mol. The van der Waals surface area contributed by atoms with E-state index in [0.717, 1.165) is 18.4 Å². The van der Waals surface area contributed by atoms with Gasteiger partial charge in [-0.1, -0.05) is 11.2 Å². The Kier molecular flexibility index (Phi) is 4.79. The molecule has 3 atom stereocenters. The Morgan fingerprint density at radius 1 is 1.13 bits per heavy atom. The van der Waals surface area contributed by atoms with Gasteiger partial charge in [0.25, 0.3) is 0 Å². The van der Waals surface area contributed by atoms with Crippen molar-refractivity contribution in [1.82, 2.24) is 19.4 Å². The molecule has 0 amide bonds. The third kappa shape index (κ3) is 3.27. The molecule has 0 N–H and O–H groups in total. The molecule has 2 aliphatic rings. The van der Waals surface area contributed by atoms with Crippen LogP contribution in [0.3, 0.4) is 0 Å². The summed E-state index contributed by atoms with van der Waals surface area (Å²) in [5.74, 6) is 1.67. The van der Waals surface area contributed by atoms with Crippen molar-refractivity contribution in [3.8, 4) is 17.1 Å². The molecule has 0 saturated carbocycles. The molecule has 1 unspecified atom stereocenters. The minimum atomic E-state index is -3.60. The number of ether oxygens (including phenoxy) is 1. The number of hydrogen-bond acceptors (Lipinski definition) is 7. The number of benzene rings is 1. The van der Waals surface area contributed by atoms with Crippen LogP contribution in [0.25, 0.3) is 11.4 Å². The third-order valence-electron chi connectivity index (χ3n) is 5.99. The van der Waals surface area contributed by atoms with Crippen LogP contribution in [-0.4, -0.2) is 47.0 Å². The van der Waals surface area contributed by atoms with Crippen molar-refractivity contribution in [3.05, 3.63) is 54.7 Å². The number of aromatic nitrogens is 3. The van der Waals surface area contributed by atoms with Crippen LogP contribution in [0.4, 0.5) is 0 Å². The van der Waals surface area contributed by atoms with Gasteiger partial charge >= 0.3 is 0 Å². The van der Waals surface area contributed by atoms with E-state index in [1.807, 2.05) is 12.1 Å². The second-order valence-corrected chi connectivity index (χ2v) is 9.61. The number of nitrogens with zero attached hydrogens (tertiary/aromatic N) is 4. The molecule has 3 aromatic rings. The molecular formula is C21H22N4O4S. The second-order valence-electron chi connectivity index (χ2n) is 7.77. The quantitative estimate of drug-likeness (QED) is 0.618. The molecule has 8 nitrogen and oxygen atoms in total. The van der Waals surface area contributed by atoms with Crippen LogP contribution in [0.1, 0.15) is 37.5 Å². The minimum Gasteiger partial charge on any atom is -0.497 e. The van der Waals surface area contributed by atoms with Crippen LogP contribution in [-0.2, 0) is 10.0 Å². The van der Waals surface area contributed by atoms with Crippen LogP contribution < -0.4 is 4.74 Å². The average Bonchev–Trinajstić information content (AvgIpc) is 3.38. The van der Waals surface area contributed by atoms with Gasteiger partial charge in [-0.2, -0.15) is 9.29 Å². The van der Waals surface area contributed by atoms with Gasteiger partial charge in [-0.25, -0.2) is 8.42 Å². The van der Waals surface area contributed by atoms with Crippen LogP contribution in [0.5, 0.6) is 5.75 Å². The molecule has 156 valence electrons. The summed E-state index contributed by atoms with van der Waals surface area (Å²) in [6.45, 7) is 0. The molecule has 2 bridgehead atoms. The van der Waals surface area contributed by atoms with Gasteiger partial charge in [0.05, 0.1) is 12.0 Å². The van der Waals surface area contributed by atoms with E-state index in [1.54, 1.807) is 41.0 Å². The van der Waals surface area contributed by atoms with Crippen LogP contribution in [0.2, 0.25) is 0 Å². The summed E-state index contributed by atoms with van der Waals surface area (Å²) in [5, 5.41) is 4.09. The molecule has 0 aliphatic carbocycles. The van der Waals surface area contributed by atoms with Gasteiger partial charge in [0.1, 0.15) is 5.75 Å². The molecule has 30 heavy (non-hydrogen) atoms. The van der Waals surface area contributed by atoms with Crippen LogP contribution >= 0.6 is 0 Å². The van der Waals surface area contributed by atoms with E-state index in [4.69, 9.17) is 9.26 Å². The molecule has 2 fully saturated rings. The summed E-state index contributed by atoms with van der Waals surface area (Å²) >= 11 is 0. The molecule has 2 aliphatic heterocycles. The van der Waals surface area contributed by atoms with Crippen molar-refractivity contribution >= 4 is 10.0 Å². The first-order valence-electron chi connectivity index (χ1n) is 9.98. The Morgan fingerprint density at radius 3 is 2.63 bits per heavy atom. The smallest absolute Gasteiger partial charge is 0.243 e. The Bertz CT molecular complexity index is 1130. The number of sulfonamides is 1. The summed E-state index contributed by atoms with van der Waals surface area (Å²) in [6.07, 6.45) is 6.42. The van der Waals surface area contributed by atoms with Crippen molar-refractivity contribution in [2.24, 2.45) is 0 Å². The predicted molar refractivity (Wildman–Crippen MR) is 108 cm³/mol. The van der Waals surface area contributed by atoms with E-state index in [-0.39, 0.29) is 22.9 Å². The van der Waals surface area contributed by atoms with E-state index in [1.165, 1.54) is 7.11 Å². The van der Waals surface area contributed by atoms with E-state index in [2.05, 4.69) is 15.1 Å². The fourth-order valence-corrected chi connectivity index (χ4v) is 6.55. The van der Waals surface area contributed by atoms with Crippen LogP contribution in [0, 0.1) is 0 Å². The largest absolute Gasteiger partial charge is 0.497 e. The molecule has 5 rings (SSSR count). The van der Waals surface area contributed by atoms with E-state index in [0.29, 0.717) is 30.3 Å². The van der Waals surface area contributed by atoms with Crippen molar-refractivity contribution in [3.63, 3.8) is 0 Å². The highest BCUT2D eigenvalue weighted by atomic mass is 32.2. The normalized spacial score (nSPS) is 24.1. The van der Waals surface area contributed by atoms with Crippen molar-refractivity contribution in [2.45, 2.75) is 48.6 Å². The average molecular weight is 426 g/mol. The second kappa shape index (κ2) is 7.48. The van der Waals surface area contributed by atoms with Crippen molar-refractivity contribution < 1.29 is 17.7 Å². The van der Waals surface area contributed by atoms with Crippen molar-refractivity contribution in [2.75, 3.05) is 7.11 Å². The first-order valence-corrected chi connectivity index (χ1v) is 11.4. The number of pyridine rings is 1. The maximum Gasteiger partial charge on any atom is 0.243 e. The standard InChI is InChI=1S/C21H22N4O4S/c1-28-18-5-2-6-19(12-18)30(26,27)25-16-7-8-17(25)11-15(10-16)21-23-20(24-29-21)14-4-3-9-22-13-14/h2-6,9,12-13,15-17H,7-8,10-11H2,1H3/t15?,16-,17+. The fraction of sp³-hybridized carbons (Fsp3) is 0.381. The number of rotatable bonds is 5. The summed E-state index contributed by atoms with van der Waals surface area (Å²) < 4.78 is 39.2. The number of piperidine rings is 1. The SMILES string of the molecule is COc1cccc(S(=O)(=O)N2[C@@H]3CC[C@H]2CC(c2nc(-c4cccnc4)no2)C3)c1. The highest BCUT2D eigenvalue weighted by molar-refractivity contribution is 7.89. The topological polar surface area (TPSA) is 98.4 Å². The first-order chi connectivity index (χ1) is 14.6.